The topological polar surface area (TPSA) is 77.9 Å². The van der Waals surface area contributed by atoms with Gasteiger partial charge in [-0.3, -0.25) is 10.1 Å². The Morgan fingerprint density at radius 3 is 3.00 bits per heavy atom. The SMILES string of the molecule is CCON=Cc1ccc(-c2cccc([N+](=O)[O-])c2)o1. The fourth-order valence-electron chi connectivity index (χ4n) is 1.51. The monoisotopic (exact) mass is 260 g/mol. The number of furan rings is 1. The molecule has 0 atom stereocenters. The van der Waals surface area contributed by atoms with E-state index in [4.69, 9.17) is 9.25 Å². The summed E-state index contributed by atoms with van der Waals surface area (Å²) in [5, 5.41) is 14.4. The maximum Gasteiger partial charge on any atom is 0.270 e. The van der Waals surface area contributed by atoms with Crippen molar-refractivity contribution >= 4 is 11.9 Å². The molecule has 2 rings (SSSR count). The van der Waals surface area contributed by atoms with Crippen LogP contribution in [0.1, 0.15) is 12.7 Å². The molecule has 0 aliphatic rings. The number of nitro groups is 1. The zero-order valence-electron chi connectivity index (χ0n) is 10.3. The van der Waals surface area contributed by atoms with Crippen LogP contribution in [0.2, 0.25) is 0 Å². The third kappa shape index (κ3) is 3.19. The van der Waals surface area contributed by atoms with E-state index in [1.165, 1.54) is 18.3 Å². The van der Waals surface area contributed by atoms with Gasteiger partial charge >= 0.3 is 0 Å². The van der Waals surface area contributed by atoms with Crippen LogP contribution in [0, 0.1) is 10.1 Å². The molecule has 0 spiro atoms. The Kier molecular flexibility index (Phi) is 3.92. The molecular formula is C13H12N2O4. The molecule has 0 N–H and O–H groups in total. The van der Waals surface area contributed by atoms with Crippen molar-refractivity contribution in [2.45, 2.75) is 6.92 Å². The van der Waals surface area contributed by atoms with Crippen molar-refractivity contribution in [2.75, 3.05) is 6.61 Å². The molecule has 0 aliphatic heterocycles. The van der Waals surface area contributed by atoms with Gasteiger partial charge in [-0.05, 0) is 19.1 Å². The zero-order valence-corrected chi connectivity index (χ0v) is 10.3. The second-order valence-corrected chi connectivity index (χ2v) is 3.66. The number of oxime groups is 1. The first kappa shape index (κ1) is 12.8. The lowest BCUT2D eigenvalue weighted by Crippen LogP contribution is -1.87. The predicted molar refractivity (Wildman–Crippen MR) is 70.0 cm³/mol. The Morgan fingerprint density at radius 2 is 2.26 bits per heavy atom. The molecule has 0 bridgehead atoms. The molecule has 19 heavy (non-hydrogen) atoms. The van der Waals surface area contributed by atoms with E-state index in [1.807, 2.05) is 6.92 Å². The van der Waals surface area contributed by atoms with Gasteiger partial charge in [-0.1, -0.05) is 17.3 Å². The van der Waals surface area contributed by atoms with E-state index < -0.39 is 4.92 Å². The van der Waals surface area contributed by atoms with Crippen LogP contribution in [0.4, 0.5) is 5.69 Å². The largest absolute Gasteiger partial charge is 0.455 e. The number of rotatable bonds is 5. The van der Waals surface area contributed by atoms with Crippen molar-refractivity contribution in [3.8, 4) is 11.3 Å². The highest BCUT2D eigenvalue weighted by Gasteiger charge is 2.09. The van der Waals surface area contributed by atoms with Crippen LogP contribution in [0.25, 0.3) is 11.3 Å². The van der Waals surface area contributed by atoms with E-state index in [1.54, 1.807) is 24.3 Å². The van der Waals surface area contributed by atoms with Gasteiger partial charge in [-0.2, -0.15) is 0 Å². The highest BCUT2D eigenvalue weighted by atomic mass is 16.6. The second-order valence-electron chi connectivity index (χ2n) is 3.66. The summed E-state index contributed by atoms with van der Waals surface area (Å²) in [5.74, 6) is 1.07. The Balaban J connectivity index is 2.22. The number of hydrogen-bond donors (Lipinski definition) is 0. The third-order valence-corrected chi connectivity index (χ3v) is 2.35. The molecule has 0 unspecified atom stereocenters. The number of nitro benzene ring substituents is 1. The standard InChI is InChI=1S/C13H12N2O4/c1-2-18-14-9-12-6-7-13(19-12)10-4-3-5-11(8-10)15(16)17/h3-9H,2H2,1H3. The number of non-ortho nitro benzene ring substituents is 1. The molecule has 98 valence electrons. The van der Waals surface area contributed by atoms with Gasteiger partial charge in [0.15, 0.2) is 0 Å². The van der Waals surface area contributed by atoms with Crippen molar-refractivity contribution in [2.24, 2.45) is 5.16 Å². The van der Waals surface area contributed by atoms with E-state index in [9.17, 15) is 10.1 Å². The minimum absolute atomic E-state index is 0.0263. The zero-order chi connectivity index (χ0) is 13.7. The van der Waals surface area contributed by atoms with Crippen LogP contribution in [0.5, 0.6) is 0 Å². The first-order valence-corrected chi connectivity index (χ1v) is 5.70. The highest BCUT2D eigenvalue weighted by Crippen LogP contribution is 2.25. The van der Waals surface area contributed by atoms with Crippen molar-refractivity contribution in [1.29, 1.82) is 0 Å². The first-order chi connectivity index (χ1) is 9.20. The predicted octanol–water partition coefficient (Wildman–Crippen LogP) is 3.23. The summed E-state index contributed by atoms with van der Waals surface area (Å²) in [7, 11) is 0. The summed E-state index contributed by atoms with van der Waals surface area (Å²) in [6.07, 6.45) is 1.45. The molecule has 1 heterocycles. The fourth-order valence-corrected chi connectivity index (χ4v) is 1.51. The van der Waals surface area contributed by atoms with Gasteiger partial charge < -0.3 is 9.25 Å². The molecule has 0 fully saturated rings. The number of benzene rings is 1. The van der Waals surface area contributed by atoms with Crippen LogP contribution in [-0.2, 0) is 4.84 Å². The first-order valence-electron chi connectivity index (χ1n) is 5.70. The van der Waals surface area contributed by atoms with E-state index in [0.29, 0.717) is 23.7 Å². The van der Waals surface area contributed by atoms with Gasteiger partial charge in [0.05, 0.1) is 4.92 Å². The lowest BCUT2D eigenvalue weighted by atomic mass is 10.1. The molecule has 2 aromatic rings. The summed E-state index contributed by atoms with van der Waals surface area (Å²) in [5.41, 5.74) is 0.670. The van der Waals surface area contributed by atoms with Crippen LogP contribution < -0.4 is 0 Å². The molecule has 1 aromatic heterocycles. The van der Waals surface area contributed by atoms with Crippen molar-refractivity contribution in [1.82, 2.24) is 0 Å². The normalized spacial score (nSPS) is 10.8. The van der Waals surface area contributed by atoms with Gasteiger partial charge in [-0.25, -0.2) is 0 Å². The average molecular weight is 260 g/mol. The molecule has 0 saturated heterocycles. The van der Waals surface area contributed by atoms with Crippen molar-refractivity contribution < 1.29 is 14.2 Å². The summed E-state index contributed by atoms with van der Waals surface area (Å²) >= 11 is 0. The van der Waals surface area contributed by atoms with E-state index >= 15 is 0 Å². The van der Waals surface area contributed by atoms with Gasteiger partial charge in [0, 0.05) is 17.7 Å². The lowest BCUT2D eigenvalue weighted by Gasteiger charge is -1.96. The number of nitrogens with zero attached hydrogens (tertiary/aromatic N) is 2. The number of hydrogen-bond acceptors (Lipinski definition) is 5. The third-order valence-electron chi connectivity index (χ3n) is 2.35. The molecule has 1 aromatic carbocycles. The maximum atomic E-state index is 10.7. The van der Waals surface area contributed by atoms with Crippen LogP contribution >= 0.6 is 0 Å². The molecule has 6 nitrogen and oxygen atoms in total. The fraction of sp³-hybridized carbons (Fsp3) is 0.154. The minimum atomic E-state index is -0.441. The average Bonchev–Trinajstić information content (AvgIpc) is 2.88. The molecule has 0 radical (unpaired) electrons. The van der Waals surface area contributed by atoms with E-state index in [0.717, 1.165) is 0 Å². The van der Waals surface area contributed by atoms with Crippen LogP contribution in [-0.4, -0.2) is 17.7 Å². The Labute approximate surface area is 109 Å². The quantitative estimate of drug-likeness (QED) is 0.469. The maximum absolute atomic E-state index is 10.7. The summed E-state index contributed by atoms with van der Waals surface area (Å²) in [6, 6.07) is 9.70. The molecule has 0 aliphatic carbocycles. The van der Waals surface area contributed by atoms with E-state index in [-0.39, 0.29) is 5.69 Å². The molecule has 6 heteroatoms. The highest BCUT2D eigenvalue weighted by molar-refractivity contribution is 5.77. The van der Waals surface area contributed by atoms with Gasteiger partial charge in [0.25, 0.3) is 5.69 Å². The second kappa shape index (κ2) is 5.81. The lowest BCUT2D eigenvalue weighted by molar-refractivity contribution is -0.384. The minimum Gasteiger partial charge on any atom is -0.455 e. The Bertz CT molecular complexity index is 604. The summed E-state index contributed by atoms with van der Waals surface area (Å²) in [6.45, 7) is 2.31. The molecular weight excluding hydrogens is 248 g/mol. The summed E-state index contributed by atoms with van der Waals surface area (Å²) in [4.78, 5) is 15.1. The van der Waals surface area contributed by atoms with Gasteiger partial charge in [-0.15, -0.1) is 0 Å². The van der Waals surface area contributed by atoms with Gasteiger partial charge in [0.2, 0.25) is 0 Å². The molecule has 0 amide bonds. The van der Waals surface area contributed by atoms with Crippen LogP contribution in [0.3, 0.4) is 0 Å². The van der Waals surface area contributed by atoms with Crippen LogP contribution in [0.15, 0.2) is 46.0 Å². The Hall–Kier alpha value is -2.63. The van der Waals surface area contributed by atoms with Crippen molar-refractivity contribution in [3.05, 3.63) is 52.3 Å². The van der Waals surface area contributed by atoms with Crippen molar-refractivity contribution in [3.63, 3.8) is 0 Å². The van der Waals surface area contributed by atoms with Gasteiger partial charge in [0.1, 0.15) is 24.3 Å². The summed E-state index contributed by atoms with van der Waals surface area (Å²) < 4.78 is 5.50. The molecule has 0 saturated carbocycles. The Morgan fingerprint density at radius 1 is 1.42 bits per heavy atom. The van der Waals surface area contributed by atoms with E-state index in [2.05, 4.69) is 5.16 Å². The smallest absolute Gasteiger partial charge is 0.270 e.